The lowest BCUT2D eigenvalue weighted by Crippen LogP contribution is -2.17. The van der Waals surface area contributed by atoms with Crippen LogP contribution in [-0.4, -0.2) is 29.2 Å². The molecule has 0 atom stereocenters. The third kappa shape index (κ3) is 3.16. The maximum Gasteiger partial charge on any atom is 0.340 e. The number of pyridine rings is 1. The number of carbonyl (C=O) groups excluding carboxylic acids is 3. The van der Waals surface area contributed by atoms with Gasteiger partial charge < -0.3 is 9.15 Å². The third-order valence-electron chi connectivity index (χ3n) is 4.04. The van der Waals surface area contributed by atoms with E-state index in [9.17, 15) is 18.8 Å². The fraction of sp³-hybridized carbons (Fsp3) is 0.0526. The molecular weight excluding hydrogens is 387 g/mol. The number of fused-ring (bicyclic) bond motifs is 1. The van der Waals surface area contributed by atoms with Crippen LogP contribution in [0.15, 0.2) is 46.0 Å². The summed E-state index contributed by atoms with van der Waals surface area (Å²) in [4.78, 5) is 38.9. The Bertz CT molecular complexity index is 1180. The minimum absolute atomic E-state index is 0.176. The second kappa shape index (κ2) is 6.93. The predicted octanol–water partition coefficient (Wildman–Crippen LogP) is 3.74. The average Bonchev–Trinajstić information content (AvgIpc) is 3.22. The van der Waals surface area contributed by atoms with Crippen molar-refractivity contribution < 1.29 is 27.9 Å². The van der Waals surface area contributed by atoms with Crippen LogP contribution < -0.4 is 5.32 Å². The molecule has 1 aliphatic rings. The second-order valence-electron chi connectivity index (χ2n) is 5.79. The number of aromatic nitrogens is 1. The van der Waals surface area contributed by atoms with Crippen LogP contribution in [0.4, 0.5) is 9.18 Å². The van der Waals surface area contributed by atoms with Gasteiger partial charge in [-0.05, 0) is 35.5 Å². The summed E-state index contributed by atoms with van der Waals surface area (Å²) in [5.74, 6) is -1.64. The zero-order chi connectivity index (χ0) is 19.8. The molecule has 140 valence electrons. The Hall–Kier alpha value is -3.46. The van der Waals surface area contributed by atoms with Crippen molar-refractivity contribution in [2.75, 3.05) is 7.11 Å². The fourth-order valence-electron chi connectivity index (χ4n) is 2.77. The molecule has 3 aromatic rings. The quantitative estimate of drug-likeness (QED) is 0.530. The van der Waals surface area contributed by atoms with E-state index in [1.165, 1.54) is 31.5 Å². The molecule has 4 rings (SSSR count). The Labute approximate surface area is 161 Å². The number of thioether (sulfide) groups is 1. The molecule has 0 radical (unpaired) electrons. The van der Waals surface area contributed by atoms with E-state index in [0.717, 1.165) is 11.8 Å². The van der Waals surface area contributed by atoms with Crippen LogP contribution in [0.2, 0.25) is 0 Å². The van der Waals surface area contributed by atoms with Crippen molar-refractivity contribution in [2.24, 2.45) is 0 Å². The molecule has 0 unspecified atom stereocenters. The first-order valence-corrected chi connectivity index (χ1v) is 8.78. The zero-order valence-electron chi connectivity index (χ0n) is 14.3. The van der Waals surface area contributed by atoms with Crippen molar-refractivity contribution in [1.82, 2.24) is 10.3 Å². The highest BCUT2D eigenvalue weighted by Crippen LogP contribution is 2.33. The molecule has 1 aromatic carbocycles. The molecule has 1 N–H and O–H groups in total. The summed E-state index contributed by atoms with van der Waals surface area (Å²) in [6.07, 6.45) is 4.53. The number of benzene rings is 1. The molecule has 1 aliphatic heterocycles. The predicted molar refractivity (Wildman–Crippen MR) is 99.8 cm³/mol. The number of nitrogens with one attached hydrogen (secondary N) is 1. The normalized spacial score (nSPS) is 15.3. The van der Waals surface area contributed by atoms with Crippen LogP contribution >= 0.6 is 11.8 Å². The minimum Gasteiger partial charge on any atom is -0.465 e. The molecule has 3 heterocycles. The highest BCUT2D eigenvalue weighted by molar-refractivity contribution is 8.18. The molecule has 2 amide bonds. The van der Waals surface area contributed by atoms with Crippen molar-refractivity contribution in [3.63, 3.8) is 0 Å². The second-order valence-corrected chi connectivity index (χ2v) is 6.81. The minimum atomic E-state index is -0.769. The Kier molecular flexibility index (Phi) is 4.44. The lowest BCUT2D eigenvalue weighted by atomic mass is 10.0. The first kappa shape index (κ1) is 17.9. The average molecular weight is 398 g/mol. The number of hydrogen-bond acceptors (Lipinski definition) is 7. The standard InChI is InChI=1S/C19H11FN2O5S/c1-26-18(24)12-3-2-9(5-14(12)20)13-8-21-7-10-4-11(27-16(10)13)6-15-17(23)22-19(25)28-15/h2-8H,1H3,(H,22,23,25)/b15-6+. The van der Waals surface area contributed by atoms with Gasteiger partial charge in [-0.2, -0.15) is 0 Å². The summed E-state index contributed by atoms with van der Waals surface area (Å²) < 4.78 is 24.6. The lowest BCUT2D eigenvalue weighted by Gasteiger charge is -2.05. The molecule has 0 saturated carbocycles. The van der Waals surface area contributed by atoms with E-state index in [1.54, 1.807) is 18.3 Å². The molecule has 0 bridgehead atoms. The van der Waals surface area contributed by atoms with E-state index in [4.69, 9.17) is 4.42 Å². The number of methoxy groups -OCH3 is 1. The van der Waals surface area contributed by atoms with E-state index < -0.39 is 22.9 Å². The molecule has 28 heavy (non-hydrogen) atoms. The SMILES string of the molecule is COC(=O)c1ccc(-c2cncc3cc(/C=C4/SC(=O)NC4=O)oc23)cc1F. The number of esters is 1. The maximum absolute atomic E-state index is 14.3. The van der Waals surface area contributed by atoms with E-state index in [-0.39, 0.29) is 10.5 Å². The number of nitrogens with zero attached hydrogens (tertiary/aromatic N) is 1. The summed E-state index contributed by atoms with van der Waals surface area (Å²) >= 11 is 0.780. The zero-order valence-corrected chi connectivity index (χ0v) is 15.1. The summed E-state index contributed by atoms with van der Waals surface area (Å²) in [6, 6.07) is 5.74. The highest BCUT2D eigenvalue weighted by atomic mass is 32.2. The van der Waals surface area contributed by atoms with Crippen LogP contribution in [0.25, 0.3) is 28.2 Å². The number of imide groups is 1. The van der Waals surface area contributed by atoms with E-state index in [0.29, 0.717) is 27.9 Å². The molecule has 7 nitrogen and oxygen atoms in total. The smallest absolute Gasteiger partial charge is 0.340 e. The van der Waals surface area contributed by atoms with Gasteiger partial charge in [-0.3, -0.25) is 19.9 Å². The van der Waals surface area contributed by atoms with E-state index in [1.807, 2.05) is 0 Å². The first-order valence-electron chi connectivity index (χ1n) is 7.97. The van der Waals surface area contributed by atoms with Gasteiger partial charge in [-0.1, -0.05) is 6.07 Å². The molecule has 2 aromatic heterocycles. The third-order valence-corrected chi connectivity index (χ3v) is 4.85. The number of furan rings is 1. The number of ether oxygens (including phenoxy) is 1. The van der Waals surface area contributed by atoms with Crippen LogP contribution in [0.5, 0.6) is 0 Å². The van der Waals surface area contributed by atoms with Crippen LogP contribution in [0.3, 0.4) is 0 Å². The van der Waals surface area contributed by atoms with Crippen molar-refractivity contribution in [1.29, 1.82) is 0 Å². The monoisotopic (exact) mass is 398 g/mol. The van der Waals surface area contributed by atoms with Crippen LogP contribution in [0.1, 0.15) is 16.1 Å². The Morgan fingerprint density at radius 2 is 2.11 bits per heavy atom. The largest absolute Gasteiger partial charge is 0.465 e. The van der Waals surface area contributed by atoms with Gasteiger partial charge in [0.15, 0.2) is 0 Å². The summed E-state index contributed by atoms with van der Waals surface area (Å²) in [6.45, 7) is 0. The molecule has 1 fully saturated rings. The molecular formula is C19H11FN2O5S. The van der Waals surface area contributed by atoms with Gasteiger partial charge in [0.2, 0.25) is 0 Å². The Morgan fingerprint density at radius 3 is 2.79 bits per heavy atom. The van der Waals surface area contributed by atoms with Gasteiger partial charge in [-0.15, -0.1) is 0 Å². The van der Waals surface area contributed by atoms with Crippen molar-refractivity contribution in [2.45, 2.75) is 0 Å². The van der Waals surface area contributed by atoms with Crippen molar-refractivity contribution >= 4 is 45.9 Å². The summed E-state index contributed by atoms with van der Waals surface area (Å²) in [7, 11) is 1.18. The molecule has 0 aliphatic carbocycles. The van der Waals surface area contributed by atoms with Crippen LogP contribution in [-0.2, 0) is 9.53 Å². The number of hydrogen-bond donors (Lipinski definition) is 1. The number of carbonyl (C=O) groups is 3. The first-order chi connectivity index (χ1) is 13.5. The maximum atomic E-state index is 14.3. The van der Waals surface area contributed by atoms with E-state index in [2.05, 4.69) is 15.0 Å². The molecule has 0 spiro atoms. The van der Waals surface area contributed by atoms with E-state index >= 15 is 0 Å². The molecule has 1 saturated heterocycles. The summed E-state index contributed by atoms with van der Waals surface area (Å²) in [5.41, 5.74) is 1.23. The Balaban J connectivity index is 1.77. The van der Waals surface area contributed by atoms with Crippen molar-refractivity contribution in [3.8, 4) is 11.1 Å². The summed E-state index contributed by atoms with van der Waals surface area (Å²) in [5, 5.41) is 2.35. The Morgan fingerprint density at radius 1 is 1.29 bits per heavy atom. The van der Waals surface area contributed by atoms with Gasteiger partial charge in [0.1, 0.15) is 17.2 Å². The van der Waals surface area contributed by atoms with Gasteiger partial charge in [0.25, 0.3) is 11.1 Å². The number of amides is 2. The van der Waals surface area contributed by atoms with Gasteiger partial charge in [0.05, 0.1) is 17.6 Å². The van der Waals surface area contributed by atoms with Gasteiger partial charge in [0, 0.05) is 29.4 Å². The van der Waals surface area contributed by atoms with Gasteiger partial charge >= 0.3 is 5.97 Å². The number of rotatable bonds is 3. The fourth-order valence-corrected chi connectivity index (χ4v) is 3.43. The van der Waals surface area contributed by atoms with Crippen molar-refractivity contribution in [3.05, 3.63) is 58.7 Å². The lowest BCUT2D eigenvalue weighted by molar-refractivity contribution is -0.115. The number of halogens is 1. The molecule has 9 heteroatoms. The highest BCUT2D eigenvalue weighted by Gasteiger charge is 2.25. The topological polar surface area (TPSA) is 98.5 Å². The van der Waals surface area contributed by atoms with Crippen LogP contribution in [0, 0.1) is 5.82 Å². The van der Waals surface area contributed by atoms with Gasteiger partial charge in [-0.25, -0.2) is 9.18 Å².